The van der Waals surface area contributed by atoms with Crippen LogP contribution >= 0.6 is 0 Å². The van der Waals surface area contributed by atoms with Gasteiger partial charge in [0.25, 0.3) is 0 Å². The molecule has 0 unspecified atom stereocenters. The van der Waals surface area contributed by atoms with Crippen molar-refractivity contribution in [3.63, 3.8) is 0 Å². The molecule has 0 saturated carbocycles. The van der Waals surface area contributed by atoms with Gasteiger partial charge in [-0.05, 0) is 79.1 Å². The van der Waals surface area contributed by atoms with Crippen molar-refractivity contribution >= 4 is 34.7 Å². The van der Waals surface area contributed by atoms with Crippen molar-refractivity contribution in [2.24, 2.45) is 0 Å². The lowest BCUT2D eigenvalue weighted by atomic mass is 9.59. The highest BCUT2D eigenvalue weighted by Gasteiger charge is 2.52. The van der Waals surface area contributed by atoms with Crippen molar-refractivity contribution in [2.75, 3.05) is 4.90 Å². The maximum absolute atomic E-state index is 13.6. The summed E-state index contributed by atoms with van der Waals surface area (Å²) in [5, 5.41) is 0. The summed E-state index contributed by atoms with van der Waals surface area (Å²) in [4.78, 5) is 29.7. The first-order valence-corrected chi connectivity index (χ1v) is 17.4. The number of nitrogens with zero attached hydrogens (tertiary/aromatic N) is 1. The van der Waals surface area contributed by atoms with Gasteiger partial charge in [0.2, 0.25) is 0 Å². The van der Waals surface area contributed by atoms with E-state index >= 15 is 0 Å². The highest BCUT2D eigenvalue weighted by atomic mass is 16.2. The lowest BCUT2D eigenvalue weighted by Crippen LogP contribution is -2.44. The molecule has 0 amide bonds. The fraction of sp³-hybridized carbons (Fsp3) is 0.378. The summed E-state index contributed by atoms with van der Waals surface area (Å²) in [5.41, 5.74) is 15.7. The number of allylic oxidation sites excluding steroid dienone is 1. The zero-order valence-corrected chi connectivity index (χ0v) is 30.6. The van der Waals surface area contributed by atoms with Crippen LogP contribution in [0.5, 0.6) is 0 Å². The van der Waals surface area contributed by atoms with E-state index in [1.165, 1.54) is 61.6 Å². The van der Waals surface area contributed by atoms with E-state index < -0.39 is 0 Å². The Morgan fingerprint density at radius 2 is 0.833 bits per heavy atom. The van der Waals surface area contributed by atoms with Gasteiger partial charge in [-0.3, -0.25) is 9.59 Å². The average molecular weight is 634 g/mol. The molecule has 0 aromatic heterocycles. The van der Waals surface area contributed by atoms with Crippen LogP contribution in [-0.2, 0) is 27.1 Å². The molecule has 1 aliphatic carbocycles. The molecule has 0 radical (unpaired) electrons. The van der Waals surface area contributed by atoms with E-state index in [2.05, 4.69) is 124 Å². The molecule has 0 saturated heterocycles. The smallest absolute Gasteiger partial charge is 0.197 e. The summed E-state index contributed by atoms with van der Waals surface area (Å²) in [6.07, 6.45) is 1.85. The van der Waals surface area contributed by atoms with Crippen LogP contribution in [-0.4, -0.2) is 11.6 Å². The number of ketones is 2. The third-order valence-corrected chi connectivity index (χ3v) is 12.0. The first-order chi connectivity index (χ1) is 22.2. The number of fused-ring (bicyclic) bond motifs is 1. The molecule has 4 aromatic rings. The molecule has 0 spiro atoms. The van der Waals surface area contributed by atoms with E-state index in [1.54, 1.807) is 12.1 Å². The molecule has 0 atom stereocenters. The molecule has 48 heavy (non-hydrogen) atoms. The van der Waals surface area contributed by atoms with E-state index in [1.807, 2.05) is 18.2 Å². The summed E-state index contributed by atoms with van der Waals surface area (Å²) in [6.45, 7) is 28.1. The lowest BCUT2D eigenvalue weighted by Gasteiger charge is -2.55. The molecule has 3 heterocycles. The molecule has 3 heteroatoms. The molecule has 0 bridgehead atoms. The quantitative estimate of drug-likeness (QED) is 0.155. The summed E-state index contributed by atoms with van der Waals surface area (Å²) in [6, 6.07) is 21.6. The monoisotopic (exact) mass is 633 g/mol. The van der Waals surface area contributed by atoms with Crippen molar-refractivity contribution in [2.45, 2.75) is 110 Å². The van der Waals surface area contributed by atoms with Crippen LogP contribution < -0.4 is 4.90 Å². The van der Waals surface area contributed by atoms with Gasteiger partial charge in [-0.2, -0.15) is 0 Å². The fourth-order valence-corrected chi connectivity index (χ4v) is 8.80. The Bertz CT molecular complexity index is 2060. The summed E-state index contributed by atoms with van der Waals surface area (Å²) >= 11 is 0. The summed E-state index contributed by atoms with van der Waals surface area (Å²) in [5.74, 6) is -0.373. The lowest BCUT2D eigenvalue weighted by molar-refractivity contribution is 0.0990. The van der Waals surface area contributed by atoms with Gasteiger partial charge in [0.05, 0.1) is 22.6 Å². The number of Topliss-reactive ketones (excluding diaryl/α,β-unsaturated/α-hetero) is 2. The van der Waals surface area contributed by atoms with E-state index in [0.29, 0.717) is 11.1 Å². The third kappa shape index (κ3) is 3.82. The van der Waals surface area contributed by atoms with Crippen LogP contribution in [0.15, 0.2) is 66.2 Å². The number of hydrogen-bond acceptors (Lipinski definition) is 3. The largest absolute Gasteiger partial charge is 0.309 e. The minimum absolute atomic E-state index is 0.0316. The Hall–Kier alpha value is -4.24. The van der Waals surface area contributed by atoms with E-state index in [4.69, 9.17) is 0 Å². The van der Waals surface area contributed by atoms with E-state index in [9.17, 15) is 9.59 Å². The molecular formula is C45H47NO2. The topological polar surface area (TPSA) is 37.4 Å². The van der Waals surface area contributed by atoms with Crippen LogP contribution in [0.25, 0.3) is 6.08 Å². The normalized spacial score (nSPS) is 18.9. The van der Waals surface area contributed by atoms with Crippen LogP contribution in [0.4, 0.5) is 17.1 Å². The van der Waals surface area contributed by atoms with Gasteiger partial charge >= 0.3 is 0 Å². The third-order valence-electron chi connectivity index (χ3n) is 12.0. The zero-order valence-electron chi connectivity index (χ0n) is 30.6. The van der Waals surface area contributed by atoms with Gasteiger partial charge in [-0.15, -0.1) is 0 Å². The summed E-state index contributed by atoms with van der Waals surface area (Å²) < 4.78 is 0. The second-order valence-electron chi connectivity index (χ2n) is 18.3. The Morgan fingerprint density at radius 3 is 1.15 bits per heavy atom. The van der Waals surface area contributed by atoms with Crippen LogP contribution in [0.3, 0.4) is 0 Å². The maximum Gasteiger partial charge on any atom is 0.197 e. The van der Waals surface area contributed by atoms with Gasteiger partial charge in [-0.1, -0.05) is 132 Å². The molecule has 8 rings (SSSR count). The zero-order chi connectivity index (χ0) is 34.7. The van der Waals surface area contributed by atoms with Gasteiger partial charge in [-0.25, -0.2) is 0 Å². The number of anilines is 3. The molecule has 4 aliphatic rings. The average Bonchev–Trinajstić information content (AvgIpc) is 3.23. The van der Waals surface area contributed by atoms with Crippen LogP contribution in [0.1, 0.15) is 154 Å². The predicted octanol–water partition coefficient (Wildman–Crippen LogP) is 11.1. The van der Waals surface area contributed by atoms with E-state index in [-0.39, 0.29) is 44.2 Å². The van der Waals surface area contributed by atoms with Crippen molar-refractivity contribution in [3.8, 4) is 0 Å². The standard InChI is InChI=1S/C45H47NO2/c1-41(2,3)25-20-32-37-34(22-25)45(11,12)35-23-26(42(4,5)6)21-33-38(35)46(37)36-30(43(32,7)8)18-24(19-31(36)44(33,9)10)17-29-39(47)27-15-13-14-16-28(27)40(29)48/h13-23H,1-12H3. The Morgan fingerprint density at radius 1 is 0.521 bits per heavy atom. The van der Waals surface area contributed by atoms with Crippen LogP contribution in [0, 0.1) is 0 Å². The van der Waals surface area contributed by atoms with Gasteiger partial charge in [0.1, 0.15) is 0 Å². The number of carbonyl (C=O) groups excluding carboxylic acids is 2. The number of hydrogen-bond donors (Lipinski definition) is 0. The molecule has 244 valence electrons. The van der Waals surface area contributed by atoms with E-state index in [0.717, 1.165) is 5.56 Å². The van der Waals surface area contributed by atoms with Gasteiger partial charge < -0.3 is 4.90 Å². The number of rotatable bonds is 1. The first kappa shape index (κ1) is 31.1. The highest BCUT2D eigenvalue weighted by molar-refractivity contribution is 6.41. The number of carbonyl (C=O) groups is 2. The Labute approximate surface area is 286 Å². The second kappa shape index (κ2) is 9.05. The van der Waals surface area contributed by atoms with Crippen molar-refractivity contribution < 1.29 is 9.59 Å². The second-order valence-corrected chi connectivity index (χ2v) is 18.3. The van der Waals surface area contributed by atoms with Crippen molar-refractivity contribution in [3.05, 3.63) is 127 Å². The minimum atomic E-state index is -0.334. The molecule has 3 nitrogen and oxygen atoms in total. The maximum atomic E-state index is 13.6. The molecule has 3 aliphatic heterocycles. The Kier molecular flexibility index (Phi) is 5.86. The highest BCUT2D eigenvalue weighted by Crippen LogP contribution is 2.67. The molecule has 4 aromatic carbocycles. The van der Waals surface area contributed by atoms with Gasteiger partial charge in [0, 0.05) is 27.4 Å². The molecular weight excluding hydrogens is 587 g/mol. The van der Waals surface area contributed by atoms with Crippen molar-refractivity contribution in [1.29, 1.82) is 0 Å². The van der Waals surface area contributed by atoms with Gasteiger partial charge in [0.15, 0.2) is 11.6 Å². The van der Waals surface area contributed by atoms with Crippen LogP contribution in [0.2, 0.25) is 0 Å². The number of benzene rings is 4. The molecule has 0 N–H and O–H groups in total. The minimum Gasteiger partial charge on any atom is -0.309 e. The Balaban J connectivity index is 1.49. The predicted molar refractivity (Wildman–Crippen MR) is 198 cm³/mol. The van der Waals surface area contributed by atoms with Crippen molar-refractivity contribution in [1.82, 2.24) is 0 Å². The fourth-order valence-electron chi connectivity index (χ4n) is 8.80. The SMILES string of the molecule is CC(C)(C)c1cc2c3c(c1)C(C)(C)c1cc(C(C)(C)C)cc4c1N3c1c(cc(C=C3C(=O)c5ccccc5C3=O)cc1C4(C)C)C2(C)C. The first-order valence-electron chi connectivity index (χ1n) is 17.4. The molecule has 0 fully saturated rings. The summed E-state index contributed by atoms with van der Waals surface area (Å²) in [7, 11) is 0.